The van der Waals surface area contributed by atoms with Crippen molar-refractivity contribution in [2.75, 3.05) is 44.2 Å². The molecule has 0 bridgehead atoms. The van der Waals surface area contributed by atoms with Gasteiger partial charge in [-0.3, -0.25) is 14.2 Å². The number of pyridine rings is 1. The van der Waals surface area contributed by atoms with Crippen LogP contribution in [0.3, 0.4) is 0 Å². The second-order valence-electron chi connectivity index (χ2n) is 9.61. The van der Waals surface area contributed by atoms with Crippen molar-refractivity contribution in [2.45, 2.75) is 38.6 Å². The maximum atomic E-state index is 13.5. The molecule has 0 atom stereocenters. The van der Waals surface area contributed by atoms with E-state index in [0.717, 1.165) is 37.9 Å². The minimum Gasteiger partial charge on any atom is -0.356 e. The van der Waals surface area contributed by atoms with Gasteiger partial charge in [-0.2, -0.15) is 0 Å². The molecule has 8 nitrogen and oxygen atoms in total. The summed E-state index contributed by atoms with van der Waals surface area (Å²) in [6.07, 6.45) is 6.74. The van der Waals surface area contributed by atoms with E-state index in [1.54, 1.807) is 10.8 Å². The lowest BCUT2D eigenvalue weighted by atomic mass is 9.96. The Morgan fingerprint density at radius 2 is 1.77 bits per heavy atom. The van der Waals surface area contributed by atoms with Gasteiger partial charge in [0.05, 0.1) is 6.54 Å². The fourth-order valence-corrected chi connectivity index (χ4v) is 5.20. The van der Waals surface area contributed by atoms with Crippen molar-refractivity contribution >= 4 is 22.9 Å². The van der Waals surface area contributed by atoms with E-state index < -0.39 is 0 Å². The van der Waals surface area contributed by atoms with E-state index in [4.69, 9.17) is 4.98 Å². The molecule has 1 amide bonds. The number of benzene rings is 1. The van der Waals surface area contributed by atoms with Gasteiger partial charge in [0.2, 0.25) is 5.91 Å². The molecule has 3 aromatic rings. The Morgan fingerprint density at radius 1 is 1.00 bits per heavy atom. The first-order valence-electron chi connectivity index (χ1n) is 12.8. The maximum absolute atomic E-state index is 13.5. The molecule has 0 radical (unpaired) electrons. The summed E-state index contributed by atoms with van der Waals surface area (Å²) in [4.78, 5) is 39.9. The van der Waals surface area contributed by atoms with Crippen LogP contribution in [0.25, 0.3) is 11.2 Å². The Hall–Kier alpha value is -3.26. The molecule has 2 saturated heterocycles. The van der Waals surface area contributed by atoms with Gasteiger partial charge in [-0.15, -0.1) is 0 Å². The lowest BCUT2D eigenvalue weighted by Gasteiger charge is -2.32. The Morgan fingerprint density at radius 3 is 2.54 bits per heavy atom. The molecule has 35 heavy (non-hydrogen) atoms. The fourth-order valence-electron chi connectivity index (χ4n) is 5.20. The fraction of sp³-hybridized carbons (Fsp3) is 0.481. The highest BCUT2D eigenvalue weighted by Gasteiger charge is 2.27. The van der Waals surface area contributed by atoms with E-state index in [1.165, 1.54) is 25.9 Å². The number of hydrogen-bond acceptors (Lipinski definition) is 6. The predicted molar refractivity (Wildman–Crippen MR) is 138 cm³/mol. The summed E-state index contributed by atoms with van der Waals surface area (Å²) in [6.45, 7) is 5.92. The van der Waals surface area contributed by atoms with E-state index in [0.29, 0.717) is 36.6 Å². The van der Waals surface area contributed by atoms with E-state index in [1.807, 2.05) is 47.4 Å². The second kappa shape index (κ2) is 11.0. The molecule has 2 fully saturated rings. The van der Waals surface area contributed by atoms with Gasteiger partial charge in [0.25, 0.3) is 5.56 Å². The topological polar surface area (TPSA) is 83.4 Å². The molecule has 5 rings (SSSR count). The van der Waals surface area contributed by atoms with E-state index in [9.17, 15) is 9.59 Å². The summed E-state index contributed by atoms with van der Waals surface area (Å²) in [5.41, 5.74) is 2.20. The molecule has 8 heteroatoms. The quantitative estimate of drug-likeness (QED) is 0.506. The van der Waals surface area contributed by atoms with Crippen LogP contribution in [0.5, 0.6) is 0 Å². The number of aromatic nitrogens is 3. The van der Waals surface area contributed by atoms with Crippen LogP contribution in [0.1, 0.15) is 37.7 Å². The van der Waals surface area contributed by atoms with Crippen LogP contribution in [0.4, 0.5) is 5.82 Å². The zero-order valence-corrected chi connectivity index (χ0v) is 20.2. The number of likely N-dealkylation sites (tertiary alicyclic amines) is 1. The van der Waals surface area contributed by atoms with Gasteiger partial charge < -0.3 is 15.1 Å². The van der Waals surface area contributed by atoms with Crippen LogP contribution in [-0.2, 0) is 11.3 Å². The highest BCUT2D eigenvalue weighted by molar-refractivity contribution is 5.79. The standard InChI is InChI=1S/C27H34N6O2/c34-26(29-14-7-17-31-15-4-5-16-31)22-11-18-32(19-12-22)25-27(35)33(20-21-8-2-1-3-9-21)24-23(30-25)10-6-13-28-24/h1-3,6,8-10,13,22H,4-5,7,11-12,14-20H2,(H,29,34). The van der Waals surface area contributed by atoms with Crippen molar-refractivity contribution in [2.24, 2.45) is 5.92 Å². The Bertz CT molecular complexity index is 1200. The number of carbonyl (C=O) groups excluding carboxylic acids is 1. The van der Waals surface area contributed by atoms with Crippen LogP contribution in [-0.4, -0.2) is 64.6 Å². The van der Waals surface area contributed by atoms with Crippen LogP contribution in [0.2, 0.25) is 0 Å². The first-order chi connectivity index (χ1) is 17.2. The number of carbonyl (C=O) groups is 1. The monoisotopic (exact) mass is 474 g/mol. The van der Waals surface area contributed by atoms with E-state index in [2.05, 4.69) is 15.2 Å². The van der Waals surface area contributed by atoms with Crippen molar-refractivity contribution in [1.29, 1.82) is 0 Å². The average molecular weight is 475 g/mol. The van der Waals surface area contributed by atoms with Crippen molar-refractivity contribution < 1.29 is 4.79 Å². The molecule has 0 saturated carbocycles. The third-order valence-electron chi connectivity index (χ3n) is 7.18. The van der Waals surface area contributed by atoms with Gasteiger partial charge in [0.15, 0.2) is 11.5 Å². The van der Waals surface area contributed by atoms with E-state index >= 15 is 0 Å². The van der Waals surface area contributed by atoms with Gasteiger partial charge >= 0.3 is 0 Å². The van der Waals surface area contributed by atoms with Gasteiger partial charge in [0.1, 0.15) is 5.52 Å². The molecule has 2 aromatic heterocycles. The lowest BCUT2D eigenvalue weighted by Crippen LogP contribution is -2.43. The summed E-state index contributed by atoms with van der Waals surface area (Å²) < 4.78 is 1.71. The van der Waals surface area contributed by atoms with Crippen molar-refractivity contribution in [1.82, 2.24) is 24.8 Å². The summed E-state index contributed by atoms with van der Waals surface area (Å²) in [6, 6.07) is 13.7. The predicted octanol–water partition coefficient (Wildman–Crippen LogP) is 2.66. The molecule has 2 aliphatic heterocycles. The number of anilines is 1. The number of fused-ring (bicyclic) bond motifs is 1. The van der Waals surface area contributed by atoms with Crippen molar-refractivity contribution in [3.63, 3.8) is 0 Å². The Kier molecular flexibility index (Phi) is 7.37. The third-order valence-corrected chi connectivity index (χ3v) is 7.18. The molecule has 0 spiro atoms. The van der Waals surface area contributed by atoms with Gasteiger partial charge in [-0.25, -0.2) is 9.97 Å². The highest BCUT2D eigenvalue weighted by Crippen LogP contribution is 2.22. The summed E-state index contributed by atoms with van der Waals surface area (Å²) >= 11 is 0. The summed E-state index contributed by atoms with van der Waals surface area (Å²) in [7, 11) is 0. The van der Waals surface area contributed by atoms with Crippen LogP contribution >= 0.6 is 0 Å². The SMILES string of the molecule is O=C(NCCCN1CCCC1)C1CCN(c2nc3cccnc3n(Cc3ccccc3)c2=O)CC1. The average Bonchev–Trinajstić information content (AvgIpc) is 3.42. The zero-order chi connectivity index (χ0) is 24.0. The molecule has 0 unspecified atom stereocenters. The van der Waals surface area contributed by atoms with Crippen LogP contribution < -0.4 is 15.8 Å². The minimum absolute atomic E-state index is 0.00768. The van der Waals surface area contributed by atoms with Crippen molar-refractivity contribution in [3.05, 3.63) is 64.6 Å². The number of amides is 1. The van der Waals surface area contributed by atoms with Crippen LogP contribution in [0, 0.1) is 5.92 Å². The first kappa shape index (κ1) is 23.5. The molecule has 1 aromatic carbocycles. The molecule has 4 heterocycles. The number of nitrogens with one attached hydrogen (secondary N) is 1. The molecule has 2 aliphatic rings. The molecular weight excluding hydrogens is 440 g/mol. The zero-order valence-electron chi connectivity index (χ0n) is 20.2. The smallest absolute Gasteiger partial charge is 0.295 e. The van der Waals surface area contributed by atoms with E-state index in [-0.39, 0.29) is 17.4 Å². The normalized spacial score (nSPS) is 17.2. The summed E-state index contributed by atoms with van der Waals surface area (Å²) in [5.74, 6) is 0.584. The number of hydrogen-bond donors (Lipinski definition) is 1. The maximum Gasteiger partial charge on any atom is 0.295 e. The Balaban J connectivity index is 1.23. The largest absolute Gasteiger partial charge is 0.356 e. The van der Waals surface area contributed by atoms with Crippen LogP contribution in [0.15, 0.2) is 53.5 Å². The molecule has 184 valence electrons. The van der Waals surface area contributed by atoms with Gasteiger partial charge in [0, 0.05) is 31.7 Å². The van der Waals surface area contributed by atoms with Gasteiger partial charge in [-0.1, -0.05) is 30.3 Å². The summed E-state index contributed by atoms with van der Waals surface area (Å²) in [5, 5.41) is 3.13. The molecule has 1 N–H and O–H groups in total. The number of nitrogens with zero attached hydrogens (tertiary/aromatic N) is 5. The lowest BCUT2D eigenvalue weighted by molar-refractivity contribution is -0.125. The second-order valence-corrected chi connectivity index (χ2v) is 9.61. The van der Waals surface area contributed by atoms with Gasteiger partial charge in [-0.05, 0) is 69.4 Å². The highest BCUT2D eigenvalue weighted by atomic mass is 16.2. The first-order valence-corrected chi connectivity index (χ1v) is 12.8. The molecular formula is C27H34N6O2. The molecule has 0 aliphatic carbocycles. The van der Waals surface area contributed by atoms with Crippen molar-refractivity contribution in [3.8, 4) is 0 Å². The number of rotatable bonds is 8. The minimum atomic E-state index is -0.134. The Labute approximate surface area is 206 Å². The number of piperidine rings is 1. The third kappa shape index (κ3) is 5.53.